The third kappa shape index (κ3) is 3.93. The van der Waals surface area contributed by atoms with Gasteiger partial charge >= 0.3 is 0 Å². The molecule has 0 aliphatic carbocycles. The predicted octanol–water partition coefficient (Wildman–Crippen LogP) is 3.67. The van der Waals surface area contributed by atoms with Crippen LogP contribution in [0, 0.1) is 17.8 Å². The van der Waals surface area contributed by atoms with Crippen molar-refractivity contribution < 1.29 is 4.79 Å². The molecule has 78 valence electrons. The number of hydrogen-bond donors (Lipinski definition) is 0. The first-order chi connectivity index (χ1) is 6.04. The first kappa shape index (κ1) is 12.7. The Bertz CT molecular complexity index is 151. The second-order valence-corrected chi connectivity index (χ2v) is 4.27. The van der Waals surface area contributed by atoms with Crippen LogP contribution in [-0.2, 0) is 4.79 Å². The molecular weight excluding hydrogens is 160 g/mol. The third-order valence-corrected chi connectivity index (χ3v) is 3.14. The van der Waals surface area contributed by atoms with E-state index in [0.717, 1.165) is 6.42 Å². The van der Waals surface area contributed by atoms with Crippen LogP contribution in [0.4, 0.5) is 0 Å². The van der Waals surface area contributed by atoms with Gasteiger partial charge in [-0.1, -0.05) is 47.5 Å². The van der Waals surface area contributed by atoms with Gasteiger partial charge in [-0.05, 0) is 12.3 Å². The van der Waals surface area contributed by atoms with E-state index in [0.29, 0.717) is 11.7 Å². The van der Waals surface area contributed by atoms with E-state index in [1.807, 2.05) is 6.92 Å². The Kier molecular flexibility index (Phi) is 6.02. The monoisotopic (exact) mass is 184 g/mol. The zero-order chi connectivity index (χ0) is 10.4. The average molecular weight is 184 g/mol. The first-order valence-corrected chi connectivity index (χ1v) is 5.58. The molecule has 0 fully saturated rings. The highest BCUT2D eigenvalue weighted by Crippen LogP contribution is 2.21. The Balaban J connectivity index is 4.08. The van der Waals surface area contributed by atoms with E-state index in [-0.39, 0.29) is 11.8 Å². The summed E-state index contributed by atoms with van der Waals surface area (Å²) in [6, 6.07) is 0. The molecule has 0 bridgehead atoms. The van der Waals surface area contributed by atoms with E-state index in [2.05, 4.69) is 27.7 Å². The SMILES string of the molecule is CCCC(C)C(C)C(=O)C(C)CC. The second-order valence-electron chi connectivity index (χ2n) is 4.27. The van der Waals surface area contributed by atoms with E-state index in [4.69, 9.17) is 0 Å². The van der Waals surface area contributed by atoms with Crippen LogP contribution in [-0.4, -0.2) is 5.78 Å². The van der Waals surface area contributed by atoms with Crippen molar-refractivity contribution in [3.63, 3.8) is 0 Å². The van der Waals surface area contributed by atoms with Crippen molar-refractivity contribution in [2.24, 2.45) is 17.8 Å². The van der Waals surface area contributed by atoms with Crippen LogP contribution in [0.1, 0.15) is 53.9 Å². The van der Waals surface area contributed by atoms with Gasteiger partial charge < -0.3 is 0 Å². The highest BCUT2D eigenvalue weighted by Gasteiger charge is 2.22. The molecule has 0 amide bonds. The van der Waals surface area contributed by atoms with E-state index in [9.17, 15) is 4.79 Å². The standard InChI is InChI=1S/C12H24O/c1-6-8-10(4)11(5)12(13)9(3)7-2/h9-11H,6-8H2,1-5H3. The summed E-state index contributed by atoms with van der Waals surface area (Å²) in [4.78, 5) is 11.8. The molecule has 0 aliphatic heterocycles. The fraction of sp³-hybridized carbons (Fsp3) is 0.917. The highest BCUT2D eigenvalue weighted by atomic mass is 16.1. The van der Waals surface area contributed by atoms with Gasteiger partial charge in [0.1, 0.15) is 5.78 Å². The lowest BCUT2D eigenvalue weighted by Crippen LogP contribution is -2.24. The van der Waals surface area contributed by atoms with Crippen LogP contribution >= 0.6 is 0 Å². The molecule has 1 nitrogen and oxygen atoms in total. The average Bonchev–Trinajstić information content (AvgIpc) is 2.14. The molecule has 13 heavy (non-hydrogen) atoms. The molecule has 0 heterocycles. The maximum atomic E-state index is 11.8. The Morgan fingerprint density at radius 3 is 2.08 bits per heavy atom. The van der Waals surface area contributed by atoms with Crippen LogP contribution in [0.5, 0.6) is 0 Å². The minimum Gasteiger partial charge on any atom is -0.299 e. The molecule has 1 heteroatoms. The molecule has 0 rings (SSSR count). The van der Waals surface area contributed by atoms with Crippen molar-refractivity contribution in [1.82, 2.24) is 0 Å². The molecule has 3 unspecified atom stereocenters. The molecule has 0 aromatic carbocycles. The Hall–Kier alpha value is -0.330. The lowest BCUT2D eigenvalue weighted by molar-refractivity contribution is -0.127. The molecule has 0 aliphatic rings. The number of carbonyl (C=O) groups is 1. The molecule has 0 saturated carbocycles. The number of Topliss-reactive ketones (excluding diaryl/α,β-unsaturated/α-hetero) is 1. The van der Waals surface area contributed by atoms with Gasteiger partial charge in [0, 0.05) is 11.8 Å². The molecule has 0 spiro atoms. The van der Waals surface area contributed by atoms with Crippen molar-refractivity contribution in [1.29, 1.82) is 0 Å². The van der Waals surface area contributed by atoms with Gasteiger partial charge in [-0.25, -0.2) is 0 Å². The van der Waals surface area contributed by atoms with Crippen molar-refractivity contribution in [2.75, 3.05) is 0 Å². The maximum Gasteiger partial charge on any atom is 0.138 e. The van der Waals surface area contributed by atoms with Crippen LogP contribution in [0.25, 0.3) is 0 Å². The van der Waals surface area contributed by atoms with Crippen LogP contribution in [0.2, 0.25) is 0 Å². The van der Waals surface area contributed by atoms with Crippen molar-refractivity contribution in [3.05, 3.63) is 0 Å². The topological polar surface area (TPSA) is 17.1 Å². The number of hydrogen-bond acceptors (Lipinski definition) is 1. The lowest BCUT2D eigenvalue weighted by atomic mass is 9.83. The zero-order valence-corrected chi connectivity index (χ0v) is 9.76. The minimum absolute atomic E-state index is 0.245. The lowest BCUT2D eigenvalue weighted by Gasteiger charge is -2.20. The van der Waals surface area contributed by atoms with E-state index < -0.39 is 0 Å². The molecular formula is C12H24O. The van der Waals surface area contributed by atoms with Crippen LogP contribution < -0.4 is 0 Å². The van der Waals surface area contributed by atoms with Crippen LogP contribution in [0.3, 0.4) is 0 Å². The molecule has 0 radical (unpaired) electrons. The van der Waals surface area contributed by atoms with E-state index in [1.165, 1.54) is 12.8 Å². The maximum absolute atomic E-state index is 11.8. The number of rotatable bonds is 6. The van der Waals surface area contributed by atoms with Gasteiger partial charge in [0.15, 0.2) is 0 Å². The Morgan fingerprint density at radius 1 is 1.15 bits per heavy atom. The molecule has 3 atom stereocenters. The molecule has 0 saturated heterocycles. The van der Waals surface area contributed by atoms with Crippen molar-refractivity contribution in [2.45, 2.75) is 53.9 Å². The Morgan fingerprint density at radius 2 is 1.69 bits per heavy atom. The quantitative estimate of drug-likeness (QED) is 0.615. The van der Waals surface area contributed by atoms with Crippen molar-refractivity contribution >= 4 is 5.78 Å². The highest BCUT2D eigenvalue weighted by molar-refractivity contribution is 5.82. The largest absolute Gasteiger partial charge is 0.299 e. The zero-order valence-electron chi connectivity index (χ0n) is 9.76. The predicted molar refractivity (Wildman–Crippen MR) is 57.7 cm³/mol. The van der Waals surface area contributed by atoms with Crippen molar-refractivity contribution in [3.8, 4) is 0 Å². The summed E-state index contributed by atoms with van der Waals surface area (Å²) in [5.74, 6) is 1.49. The van der Waals surface area contributed by atoms with E-state index in [1.54, 1.807) is 0 Å². The number of ketones is 1. The summed E-state index contributed by atoms with van der Waals surface area (Å²) in [5.41, 5.74) is 0. The summed E-state index contributed by atoms with van der Waals surface area (Å²) in [5, 5.41) is 0. The van der Waals surface area contributed by atoms with Gasteiger partial charge in [0.05, 0.1) is 0 Å². The van der Waals surface area contributed by atoms with Gasteiger partial charge in [-0.3, -0.25) is 4.79 Å². The second kappa shape index (κ2) is 6.17. The van der Waals surface area contributed by atoms with Crippen LogP contribution in [0.15, 0.2) is 0 Å². The Labute approximate surface area is 82.9 Å². The smallest absolute Gasteiger partial charge is 0.138 e. The van der Waals surface area contributed by atoms with Gasteiger partial charge in [0.2, 0.25) is 0 Å². The van der Waals surface area contributed by atoms with E-state index >= 15 is 0 Å². The molecule has 0 aromatic rings. The summed E-state index contributed by atoms with van der Waals surface area (Å²) in [6.45, 7) is 10.6. The van der Waals surface area contributed by atoms with Gasteiger partial charge in [-0.2, -0.15) is 0 Å². The third-order valence-electron chi connectivity index (χ3n) is 3.14. The summed E-state index contributed by atoms with van der Waals surface area (Å²) < 4.78 is 0. The van der Waals surface area contributed by atoms with Gasteiger partial charge in [0.25, 0.3) is 0 Å². The molecule has 0 N–H and O–H groups in total. The summed E-state index contributed by atoms with van der Waals surface area (Å²) in [7, 11) is 0. The minimum atomic E-state index is 0.245. The first-order valence-electron chi connectivity index (χ1n) is 5.58. The fourth-order valence-electron chi connectivity index (χ4n) is 1.64. The normalized spacial score (nSPS) is 17.9. The fourth-order valence-corrected chi connectivity index (χ4v) is 1.64. The van der Waals surface area contributed by atoms with Gasteiger partial charge in [-0.15, -0.1) is 0 Å². The summed E-state index contributed by atoms with van der Waals surface area (Å²) in [6.07, 6.45) is 3.32. The molecule has 0 aromatic heterocycles. The number of carbonyl (C=O) groups excluding carboxylic acids is 1. The summed E-state index contributed by atoms with van der Waals surface area (Å²) >= 11 is 0.